The maximum absolute atomic E-state index is 12.3. The molecule has 3 unspecified atom stereocenters. The number of carbonyl (C=O) groups is 1. The van der Waals surface area contributed by atoms with Crippen molar-refractivity contribution in [2.24, 2.45) is 5.92 Å². The molecule has 0 aliphatic carbocycles. The molecule has 0 N–H and O–H groups in total. The largest absolute Gasteiger partial charge is 0.292 e. The Morgan fingerprint density at radius 2 is 1.94 bits per heavy atom. The number of likely N-dealkylation sites (tertiary alicyclic amines) is 1. The molecule has 0 aromatic heterocycles. The van der Waals surface area contributed by atoms with Gasteiger partial charge >= 0.3 is 0 Å². The third-order valence-electron chi connectivity index (χ3n) is 3.77. The van der Waals surface area contributed by atoms with Crippen LogP contribution in [0.5, 0.6) is 0 Å². The molecule has 3 atom stereocenters. The van der Waals surface area contributed by atoms with Crippen molar-refractivity contribution < 1.29 is 4.79 Å². The fourth-order valence-electron chi connectivity index (χ4n) is 2.87. The Bertz CT molecular complexity index is 387. The predicted octanol–water partition coefficient (Wildman–Crippen LogP) is 2.99. The van der Waals surface area contributed by atoms with Gasteiger partial charge in [0, 0.05) is 18.2 Å². The summed E-state index contributed by atoms with van der Waals surface area (Å²) >= 11 is 0. The molecule has 2 rings (SSSR count). The van der Waals surface area contributed by atoms with Gasteiger partial charge in [0.2, 0.25) is 0 Å². The summed E-state index contributed by atoms with van der Waals surface area (Å²) in [6.45, 7) is 7.55. The Hall–Kier alpha value is -1.15. The second-order valence-electron chi connectivity index (χ2n) is 5.29. The second-order valence-corrected chi connectivity index (χ2v) is 5.29. The number of benzene rings is 1. The Morgan fingerprint density at radius 1 is 1.29 bits per heavy atom. The van der Waals surface area contributed by atoms with E-state index in [1.54, 1.807) is 0 Å². The molecule has 0 radical (unpaired) electrons. The van der Waals surface area contributed by atoms with E-state index in [0.717, 1.165) is 12.1 Å². The number of ketones is 1. The van der Waals surface area contributed by atoms with Gasteiger partial charge in [0.25, 0.3) is 0 Å². The zero-order chi connectivity index (χ0) is 12.4. The highest BCUT2D eigenvalue weighted by atomic mass is 16.1. The molecule has 1 aromatic rings. The number of hydrogen-bond acceptors (Lipinski definition) is 2. The van der Waals surface area contributed by atoms with Crippen molar-refractivity contribution in [2.45, 2.75) is 39.3 Å². The van der Waals surface area contributed by atoms with Crippen LogP contribution < -0.4 is 0 Å². The number of nitrogens with zero attached hydrogens (tertiary/aromatic N) is 1. The van der Waals surface area contributed by atoms with Gasteiger partial charge in [0.15, 0.2) is 5.78 Å². The molecule has 92 valence electrons. The zero-order valence-corrected chi connectivity index (χ0v) is 10.9. The van der Waals surface area contributed by atoms with E-state index in [4.69, 9.17) is 0 Å². The number of rotatable bonds is 3. The maximum Gasteiger partial charge on any atom is 0.179 e. The van der Waals surface area contributed by atoms with Gasteiger partial charge in [0.05, 0.1) is 6.04 Å². The Balaban J connectivity index is 2.10. The van der Waals surface area contributed by atoms with E-state index in [2.05, 4.69) is 18.7 Å². The summed E-state index contributed by atoms with van der Waals surface area (Å²) in [5, 5.41) is 0. The Kier molecular flexibility index (Phi) is 3.63. The summed E-state index contributed by atoms with van der Waals surface area (Å²) in [4.78, 5) is 14.7. The third-order valence-corrected chi connectivity index (χ3v) is 3.77. The summed E-state index contributed by atoms with van der Waals surface area (Å²) in [7, 11) is 0. The first-order valence-electron chi connectivity index (χ1n) is 6.44. The van der Waals surface area contributed by atoms with E-state index < -0.39 is 0 Å². The van der Waals surface area contributed by atoms with Gasteiger partial charge in [-0.05, 0) is 26.2 Å². The van der Waals surface area contributed by atoms with Crippen LogP contribution in [0.3, 0.4) is 0 Å². The van der Waals surface area contributed by atoms with Crippen LogP contribution in [0.1, 0.15) is 37.6 Å². The number of hydrogen-bond donors (Lipinski definition) is 0. The van der Waals surface area contributed by atoms with E-state index in [0.29, 0.717) is 12.0 Å². The van der Waals surface area contributed by atoms with Gasteiger partial charge in [0.1, 0.15) is 0 Å². The molecule has 0 amide bonds. The van der Waals surface area contributed by atoms with Crippen molar-refractivity contribution in [3.63, 3.8) is 0 Å². The normalized spacial score (nSPS) is 27.0. The van der Waals surface area contributed by atoms with E-state index in [1.807, 2.05) is 37.3 Å². The number of Topliss-reactive ketones (excluding diaryl/α,β-unsaturated/α-hetero) is 1. The molecule has 0 bridgehead atoms. The second kappa shape index (κ2) is 5.01. The predicted molar refractivity (Wildman–Crippen MR) is 70.2 cm³/mol. The fraction of sp³-hybridized carbons (Fsp3) is 0.533. The molecule has 0 spiro atoms. The van der Waals surface area contributed by atoms with E-state index in [1.165, 1.54) is 6.42 Å². The molecule has 2 nitrogen and oxygen atoms in total. The SMILES string of the molecule is CC1CC(C)N(C(C)C(=O)c2ccccc2)C1. The summed E-state index contributed by atoms with van der Waals surface area (Å²) < 4.78 is 0. The first-order chi connectivity index (χ1) is 8.09. The maximum atomic E-state index is 12.3. The topological polar surface area (TPSA) is 20.3 Å². The monoisotopic (exact) mass is 231 g/mol. The first kappa shape index (κ1) is 12.3. The Labute approximate surface area is 104 Å². The highest BCUT2D eigenvalue weighted by Gasteiger charge is 2.32. The van der Waals surface area contributed by atoms with Crippen molar-refractivity contribution in [1.82, 2.24) is 4.90 Å². The van der Waals surface area contributed by atoms with Crippen LogP contribution >= 0.6 is 0 Å². The summed E-state index contributed by atoms with van der Waals surface area (Å²) in [6.07, 6.45) is 1.20. The summed E-state index contributed by atoms with van der Waals surface area (Å²) in [6, 6.07) is 10.1. The molecule has 1 aliphatic rings. The van der Waals surface area contributed by atoms with Gasteiger partial charge in [-0.3, -0.25) is 9.69 Å². The van der Waals surface area contributed by atoms with Crippen molar-refractivity contribution in [3.05, 3.63) is 35.9 Å². The summed E-state index contributed by atoms with van der Waals surface area (Å²) in [5.41, 5.74) is 0.826. The minimum atomic E-state index is -0.00245. The van der Waals surface area contributed by atoms with E-state index >= 15 is 0 Å². The van der Waals surface area contributed by atoms with Crippen molar-refractivity contribution in [3.8, 4) is 0 Å². The van der Waals surface area contributed by atoms with Crippen LogP contribution in [0, 0.1) is 5.92 Å². The molecule has 2 heteroatoms. The lowest BCUT2D eigenvalue weighted by atomic mass is 10.0. The molecule has 1 heterocycles. The van der Waals surface area contributed by atoms with Gasteiger partial charge in [-0.1, -0.05) is 37.3 Å². The van der Waals surface area contributed by atoms with E-state index in [9.17, 15) is 4.79 Å². The quantitative estimate of drug-likeness (QED) is 0.745. The average Bonchev–Trinajstić information content (AvgIpc) is 2.68. The average molecular weight is 231 g/mol. The Morgan fingerprint density at radius 3 is 2.47 bits per heavy atom. The van der Waals surface area contributed by atoms with Crippen molar-refractivity contribution in [2.75, 3.05) is 6.54 Å². The minimum Gasteiger partial charge on any atom is -0.292 e. The molecule has 1 saturated heterocycles. The van der Waals surface area contributed by atoms with Crippen LogP contribution in [0.15, 0.2) is 30.3 Å². The molecular weight excluding hydrogens is 210 g/mol. The lowest BCUT2D eigenvalue weighted by Crippen LogP contribution is -2.41. The van der Waals surface area contributed by atoms with Crippen molar-refractivity contribution >= 4 is 5.78 Å². The molecule has 1 aromatic carbocycles. The zero-order valence-electron chi connectivity index (χ0n) is 10.9. The van der Waals surface area contributed by atoms with Crippen LogP contribution in [0.25, 0.3) is 0 Å². The molecule has 1 fully saturated rings. The highest BCUT2D eigenvalue weighted by Crippen LogP contribution is 2.25. The lowest BCUT2D eigenvalue weighted by Gasteiger charge is -2.27. The third kappa shape index (κ3) is 2.58. The van der Waals surface area contributed by atoms with Crippen LogP contribution in [0.2, 0.25) is 0 Å². The first-order valence-corrected chi connectivity index (χ1v) is 6.44. The van der Waals surface area contributed by atoms with E-state index in [-0.39, 0.29) is 11.8 Å². The van der Waals surface area contributed by atoms with Gasteiger partial charge in [-0.15, -0.1) is 0 Å². The minimum absolute atomic E-state index is 0.00245. The van der Waals surface area contributed by atoms with Crippen LogP contribution in [-0.4, -0.2) is 29.3 Å². The van der Waals surface area contributed by atoms with Gasteiger partial charge in [-0.2, -0.15) is 0 Å². The number of carbonyl (C=O) groups excluding carboxylic acids is 1. The highest BCUT2D eigenvalue weighted by molar-refractivity contribution is 5.99. The molecule has 17 heavy (non-hydrogen) atoms. The molecule has 0 saturated carbocycles. The van der Waals surface area contributed by atoms with Crippen LogP contribution in [-0.2, 0) is 0 Å². The fourth-order valence-corrected chi connectivity index (χ4v) is 2.87. The summed E-state index contributed by atoms with van der Waals surface area (Å²) in [5.74, 6) is 0.947. The van der Waals surface area contributed by atoms with Crippen molar-refractivity contribution in [1.29, 1.82) is 0 Å². The van der Waals surface area contributed by atoms with Gasteiger partial charge < -0.3 is 0 Å². The smallest absolute Gasteiger partial charge is 0.179 e. The molecule has 1 aliphatic heterocycles. The van der Waals surface area contributed by atoms with Crippen LogP contribution in [0.4, 0.5) is 0 Å². The van der Waals surface area contributed by atoms with Gasteiger partial charge in [-0.25, -0.2) is 0 Å². The standard InChI is InChI=1S/C15H21NO/c1-11-9-12(2)16(10-11)13(3)15(17)14-7-5-4-6-8-14/h4-8,11-13H,9-10H2,1-3H3. The molecular formula is C15H21NO. The lowest BCUT2D eigenvalue weighted by molar-refractivity contribution is 0.0826.